The average molecular weight is 265 g/mol. The van der Waals surface area contributed by atoms with Gasteiger partial charge in [0.2, 0.25) is 0 Å². The van der Waals surface area contributed by atoms with Gasteiger partial charge in [-0.25, -0.2) is 0 Å². The van der Waals surface area contributed by atoms with Gasteiger partial charge in [0.25, 0.3) is 0 Å². The van der Waals surface area contributed by atoms with Crippen molar-refractivity contribution in [3.05, 3.63) is 29.3 Å². The fourth-order valence-electron chi connectivity index (χ4n) is 1.74. The highest BCUT2D eigenvalue weighted by Crippen LogP contribution is 2.19. The third-order valence-electron chi connectivity index (χ3n) is 2.91. The molecule has 0 spiro atoms. The summed E-state index contributed by atoms with van der Waals surface area (Å²) in [7, 11) is 3.30. The number of rotatable bonds is 7. The van der Waals surface area contributed by atoms with E-state index in [0.29, 0.717) is 13.2 Å². The molecule has 0 heterocycles. The number of hydrogen-bond donors (Lipinski definition) is 0. The molecular weight excluding hydrogens is 242 g/mol. The molecule has 0 aliphatic carbocycles. The zero-order valence-electron chi connectivity index (χ0n) is 12.2. The summed E-state index contributed by atoms with van der Waals surface area (Å²) in [6.07, 6.45) is 0.876. The summed E-state index contributed by atoms with van der Waals surface area (Å²) in [5.74, 6) is 0.730. The maximum absolute atomic E-state index is 11.1. The molecule has 0 saturated heterocycles. The second kappa shape index (κ2) is 7.79. The number of hydrogen-bond acceptors (Lipinski definition) is 4. The predicted molar refractivity (Wildman–Crippen MR) is 75.5 cm³/mol. The van der Waals surface area contributed by atoms with E-state index in [9.17, 15) is 4.79 Å². The topological polar surface area (TPSA) is 38.8 Å². The Kier molecular flexibility index (Phi) is 6.36. The minimum Gasteiger partial charge on any atom is -0.493 e. The third kappa shape index (κ3) is 5.75. The fraction of sp³-hybridized carbons (Fsp3) is 0.533. The molecular formula is C15H23NO3. The van der Waals surface area contributed by atoms with Crippen LogP contribution < -0.4 is 4.74 Å². The van der Waals surface area contributed by atoms with Crippen molar-refractivity contribution in [3.8, 4) is 5.75 Å². The Labute approximate surface area is 115 Å². The summed E-state index contributed by atoms with van der Waals surface area (Å²) >= 11 is 0. The smallest absolute Gasteiger partial charge is 0.319 e. The monoisotopic (exact) mass is 265 g/mol. The zero-order chi connectivity index (χ0) is 14.3. The van der Waals surface area contributed by atoms with Crippen molar-refractivity contribution in [2.24, 2.45) is 0 Å². The molecule has 0 aromatic heterocycles. The van der Waals surface area contributed by atoms with Crippen LogP contribution in [0.3, 0.4) is 0 Å². The molecule has 106 valence electrons. The van der Waals surface area contributed by atoms with Crippen LogP contribution >= 0.6 is 0 Å². The number of nitrogens with zero attached hydrogens (tertiary/aromatic N) is 1. The van der Waals surface area contributed by atoms with Crippen LogP contribution in [0.4, 0.5) is 0 Å². The third-order valence-corrected chi connectivity index (χ3v) is 2.91. The minimum absolute atomic E-state index is 0.210. The van der Waals surface area contributed by atoms with Crippen molar-refractivity contribution in [1.29, 1.82) is 0 Å². The van der Waals surface area contributed by atoms with E-state index in [1.54, 1.807) is 0 Å². The van der Waals surface area contributed by atoms with Crippen molar-refractivity contribution in [3.63, 3.8) is 0 Å². The molecule has 0 atom stereocenters. The molecule has 0 aliphatic heterocycles. The van der Waals surface area contributed by atoms with E-state index >= 15 is 0 Å². The first-order chi connectivity index (χ1) is 9.02. The van der Waals surface area contributed by atoms with Crippen LogP contribution in [-0.4, -0.2) is 44.7 Å². The molecule has 4 heteroatoms. The summed E-state index contributed by atoms with van der Waals surface area (Å²) in [5, 5.41) is 0. The molecule has 0 aliphatic rings. The van der Waals surface area contributed by atoms with Crippen LogP contribution in [0.2, 0.25) is 0 Å². The zero-order valence-corrected chi connectivity index (χ0v) is 12.2. The number of ether oxygens (including phenoxy) is 2. The second-order valence-corrected chi connectivity index (χ2v) is 4.78. The quantitative estimate of drug-likeness (QED) is 0.559. The van der Waals surface area contributed by atoms with Gasteiger partial charge in [0, 0.05) is 6.54 Å². The van der Waals surface area contributed by atoms with Gasteiger partial charge in [-0.05, 0) is 44.5 Å². The second-order valence-electron chi connectivity index (χ2n) is 4.78. The van der Waals surface area contributed by atoms with Gasteiger partial charge in [-0.2, -0.15) is 0 Å². The molecule has 1 aromatic rings. The summed E-state index contributed by atoms with van der Waals surface area (Å²) in [6, 6.07) is 6.19. The summed E-state index contributed by atoms with van der Waals surface area (Å²) in [6.45, 7) is 5.87. The van der Waals surface area contributed by atoms with E-state index in [-0.39, 0.29) is 5.97 Å². The Hall–Kier alpha value is -1.55. The van der Waals surface area contributed by atoms with Gasteiger partial charge in [-0.3, -0.25) is 9.69 Å². The van der Waals surface area contributed by atoms with Crippen LogP contribution in [0.1, 0.15) is 17.5 Å². The number of methoxy groups -OCH3 is 1. The summed E-state index contributed by atoms with van der Waals surface area (Å²) < 4.78 is 10.4. The van der Waals surface area contributed by atoms with E-state index in [4.69, 9.17) is 4.74 Å². The highest BCUT2D eigenvalue weighted by Gasteiger charge is 2.06. The van der Waals surface area contributed by atoms with Crippen molar-refractivity contribution >= 4 is 5.97 Å². The van der Waals surface area contributed by atoms with Crippen LogP contribution in [0.25, 0.3) is 0 Å². The van der Waals surface area contributed by atoms with E-state index in [0.717, 1.165) is 24.3 Å². The average Bonchev–Trinajstić information content (AvgIpc) is 2.38. The van der Waals surface area contributed by atoms with Crippen molar-refractivity contribution in [1.82, 2.24) is 4.90 Å². The van der Waals surface area contributed by atoms with E-state index in [1.165, 1.54) is 12.7 Å². The number of esters is 1. The molecule has 0 N–H and O–H groups in total. The normalized spacial score (nSPS) is 10.6. The Balaban J connectivity index is 2.27. The van der Waals surface area contributed by atoms with E-state index in [1.807, 2.05) is 24.9 Å². The largest absolute Gasteiger partial charge is 0.493 e. The first kappa shape index (κ1) is 15.5. The van der Waals surface area contributed by atoms with Crippen molar-refractivity contribution < 1.29 is 14.3 Å². The van der Waals surface area contributed by atoms with Gasteiger partial charge < -0.3 is 9.47 Å². The maximum Gasteiger partial charge on any atom is 0.319 e. The number of likely N-dealkylation sites (N-methyl/N-ethyl adjacent to an activating group) is 1. The Morgan fingerprint density at radius 2 is 2.05 bits per heavy atom. The van der Waals surface area contributed by atoms with Crippen LogP contribution in [-0.2, 0) is 9.53 Å². The molecule has 0 saturated carbocycles. The highest BCUT2D eigenvalue weighted by molar-refractivity contribution is 5.71. The standard InChI is InChI=1S/C15H23NO3/c1-12-6-7-13(2)14(10-12)19-9-5-8-16(3)11-15(17)18-4/h6-7,10H,5,8-9,11H2,1-4H3. The first-order valence-electron chi connectivity index (χ1n) is 6.48. The Bertz CT molecular complexity index is 418. The van der Waals surface area contributed by atoms with Gasteiger partial charge in [-0.15, -0.1) is 0 Å². The van der Waals surface area contributed by atoms with Crippen LogP contribution in [0.5, 0.6) is 5.75 Å². The molecule has 1 rings (SSSR count). The Morgan fingerprint density at radius 1 is 1.32 bits per heavy atom. The predicted octanol–water partition coefficient (Wildman–Crippen LogP) is 2.18. The number of carbonyl (C=O) groups excluding carboxylic acids is 1. The lowest BCUT2D eigenvalue weighted by atomic mass is 10.1. The molecule has 0 bridgehead atoms. The van der Waals surface area contributed by atoms with Crippen molar-refractivity contribution in [2.75, 3.05) is 33.9 Å². The SMILES string of the molecule is COC(=O)CN(C)CCCOc1cc(C)ccc1C. The van der Waals surface area contributed by atoms with Crippen LogP contribution in [0.15, 0.2) is 18.2 Å². The van der Waals surface area contributed by atoms with Gasteiger partial charge in [0.1, 0.15) is 5.75 Å². The van der Waals surface area contributed by atoms with Gasteiger partial charge in [0.15, 0.2) is 0 Å². The first-order valence-corrected chi connectivity index (χ1v) is 6.48. The number of aryl methyl sites for hydroxylation is 2. The van der Waals surface area contributed by atoms with E-state index in [2.05, 4.69) is 23.8 Å². The lowest BCUT2D eigenvalue weighted by molar-refractivity contribution is -0.141. The fourth-order valence-corrected chi connectivity index (χ4v) is 1.74. The number of benzene rings is 1. The maximum atomic E-state index is 11.1. The molecule has 0 fully saturated rings. The van der Waals surface area contributed by atoms with E-state index < -0.39 is 0 Å². The minimum atomic E-state index is -0.210. The van der Waals surface area contributed by atoms with Gasteiger partial charge >= 0.3 is 5.97 Å². The summed E-state index contributed by atoms with van der Waals surface area (Å²) in [4.78, 5) is 13.0. The highest BCUT2D eigenvalue weighted by atomic mass is 16.5. The molecule has 19 heavy (non-hydrogen) atoms. The Morgan fingerprint density at radius 3 is 2.74 bits per heavy atom. The lowest BCUT2D eigenvalue weighted by Gasteiger charge is -2.15. The van der Waals surface area contributed by atoms with Gasteiger partial charge in [0.05, 0.1) is 20.3 Å². The van der Waals surface area contributed by atoms with Crippen LogP contribution in [0, 0.1) is 13.8 Å². The molecule has 0 amide bonds. The molecule has 0 radical (unpaired) electrons. The lowest BCUT2D eigenvalue weighted by Crippen LogP contribution is -2.28. The molecule has 1 aromatic carbocycles. The van der Waals surface area contributed by atoms with Crippen molar-refractivity contribution in [2.45, 2.75) is 20.3 Å². The molecule has 0 unspecified atom stereocenters. The number of carbonyl (C=O) groups is 1. The molecule has 4 nitrogen and oxygen atoms in total. The summed E-state index contributed by atoms with van der Waals surface area (Å²) in [5.41, 5.74) is 2.34. The van der Waals surface area contributed by atoms with Gasteiger partial charge in [-0.1, -0.05) is 12.1 Å².